The number of nitrogens with zero attached hydrogens (tertiary/aromatic N) is 1. The Morgan fingerprint density at radius 3 is 2.69 bits per heavy atom. The molecule has 1 N–H and O–H groups in total. The highest BCUT2D eigenvalue weighted by Crippen LogP contribution is 2.30. The average molecular weight is 451 g/mol. The minimum Gasteiger partial charge on any atom is -0.484 e. The van der Waals surface area contributed by atoms with Gasteiger partial charge in [0.25, 0.3) is 5.91 Å². The van der Waals surface area contributed by atoms with E-state index >= 15 is 0 Å². The number of ether oxygens (including phenoxy) is 1. The molecule has 146 valence electrons. The number of anilines is 1. The maximum Gasteiger partial charge on any atom is 0.262 e. The SMILES string of the molecule is Cc1ccc(OCC(=O)Nc2ccc3oc(-c4ccccc4Br)nc3c2)cc1C. The number of fused-ring (bicyclic) bond motifs is 1. The molecular formula is C23H19BrN2O3. The van der Waals surface area contributed by atoms with Crippen molar-refractivity contribution < 1.29 is 13.9 Å². The zero-order valence-corrected chi connectivity index (χ0v) is 17.6. The van der Waals surface area contributed by atoms with Gasteiger partial charge in [-0.25, -0.2) is 4.98 Å². The maximum atomic E-state index is 12.3. The molecule has 0 aliphatic rings. The predicted molar refractivity (Wildman–Crippen MR) is 117 cm³/mol. The lowest BCUT2D eigenvalue weighted by Gasteiger charge is -2.09. The Labute approximate surface area is 176 Å². The van der Waals surface area contributed by atoms with E-state index < -0.39 is 0 Å². The summed E-state index contributed by atoms with van der Waals surface area (Å²) in [5.41, 5.74) is 5.14. The van der Waals surface area contributed by atoms with E-state index in [9.17, 15) is 4.79 Å². The third-order valence-corrected chi connectivity index (χ3v) is 5.32. The topological polar surface area (TPSA) is 64.4 Å². The number of hydrogen-bond acceptors (Lipinski definition) is 4. The molecule has 0 saturated carbocycles. The van der Waals surface area contributed by atoms with Gasteiger partial charge in [-0.15, -0.1) is 0 Å². The zero-order chi connectivity index (χ0) is 20.4. The number of nitrogens with one attached hydrogen (secondary N) is 1. The summed E-state index contributed by atoms with van der Waals surface area (Å²) in [6, 6.07) is 18.9. The van der Waals surface area contributed by atoms with Gasteiger partial charge in [-0.3, -0.25) is 4.79 Å². The van der Waals surface area contributed by atoms with E-state index in [1.165, 1.54) is 5.56 Å². The van der Waals surface area contributed by atoms with E-state index in [4.69, 9.17) is 9.15 Å². The lowest BCUT2D eigenvalue weighted by Crippen LogP contribution is -2.20. The second-order valence-electron chi connectivity index (χ2n) is 6.76. The molecule has 3 aromatic carbocycles. The summed E-state index contributed by atoms with van der Waals surface area (Å²) in [6.45, 7) is 3.98. The summed E-state index contributed by atoms with van der Waals surface area (Å²) in [7, 11) is 0. The van der Waals surface area contributed by atoms with Gasteiger partial charge in [-0.05, 0) is 83.4 Å². The summed E-state index contributed by atoms with van der Waals surface area (Å²) in [5, 5.41) is 2.84. The Morgan fingerprint density at radius 1 is 1.07 bits per heavy atom. The quantitative estimate of drug-likeness (QED) is 0.411. The number of carbonyl (C=O) groups is 1. The fraction of sp³-hybridized carbons (Fsp3) is 0.130. The Balaban J connectivity index is 1.46. The van der Waals surface area contributed by atoms with E-state index in [-0.39, 0.29) is 12.5 Å². The second kappa shape index (κ2) is 8.09. The highest BCUT2D eigenvalue weighted by atomic mass is 79.9. The van der Waals surface area contributed by atoms with Crippen molar-refractivity contribution in [3.8, 4) is 17.2 Å². The molecule has 29 heavy (non-hydrogen) atoms. The molecule has 0 aliphatic heterocycles. The summed E-state index contributed by atoms with van der Waals surface area (Å²) in [6.07, 6.45) is 0. The fourth-order valence-electron chi connectivity index (χ4n) is 2.90. The lowest BCUT2D eigenvalue weighted by molar-refractivity contribution is -0.118. The Kier molecular flexibility index (Phi) is 5.36. The molecule has 1 heterocycles. The van der Waals surface area contributed by atoms with Gasteiger partial charge >= 0.3 is 0 Å². The Morgan fingerprint density at radius 2 is 1.90 bits per heavy atom. The van der Waals surface area contributed by atoms with Crippen molar-refractivity contribution in [3.63, 3.8) is 0 Å². The molecular weight excluding hydrogens is 432 g/mol. The molecule has 0 bridgehead atoms. The van der Waals surface area contributed by atoms with E-state index in [2.05, 4.69) is 26.2 Å². The zero-order valence-electron chi connectivity index (χ0n) is 16.0. The Bertz CT molecular complexity index is 1200. The van der Waals surface area contributed by atoms with Crippen molar-refractivity contribution in [2.24, 2.45) is 0 Å². The molecule has 0 saturated heterocycles. The summed E-state index contributed by atoms with van der Waals surface area (Å²) < 4.78 is 12.3. The van der Waals surface area contributed by atoms with Crippen LogP contribution in [0.5, 0.6) is 5.75 Å². The molecule has 0 atom stereocenters. The number of oxazole rings is 1. The van der Waals surface area contributed by atoms with E-state index in [0.717, 1.165) is 15.6 Å². The van der Waals surface area contributed by atoms with Crippen molar-refractivity contribution in [2.45, 2.75) is 13.8 Å². The van der Waals surface area contributed by atoms with Gasteiger partial charge in [0.2, 0.25) is 5.89 Å². The van der Waals surface area contributed by atoms with E-state index in [0.29, 0.717) is 28.4 Å². The van der Waals surface area contributed by atoms with Crippen LogP contribution in [0.3, 0.4) is 0 Å². The largest absolute Gasteiger partial charge is 0.484 e. The first kappa shape index (κ1) is 19.2. The standard InChI is InChI=1S/C23H19BrN2O3/c1-14-7-9-17(11-15(14)2)28-13-22(27)25-16-8-10-21-20(12-16)26-23(29-21)18-5-3-4-6-19(18)24/h3-12H,13H2,1-2H3,(H,25,27). The number of aromatic nitrogens is 1. The Hall–Kier alpha value is -3.12. The highest BCUT2D eigenvalue weighted by Gasteiger charge is 2.12. The van der Waals surface area contributed by atoms with Crippen molar-refractivity contribution >= 4 is 38.6 Å². The molecule has 0 fully saturated rings. The molecule has 4 aromatic rings. The normalized spacial score (nSPS) is 10.9. The average Bonchev–Trinajstić information content (AvgIpc) is 3.12. The minimum absolute atomic E-state index is 0.0679. The van der Waals surface area contributed by atoms with Crippen LogP contribution in [-0.2, 0) is 4.79 Å². The molecule has 0 spiro atoms. The number of rotatable bonds is 5. The minimum atomic E-state index is -0.239. The molecule has 1 amide bonds. The molecule has 1 aromatic heterocycles. The third-order valence-electron chi connectivity index (χ3n) is 4.62. The lowest BCUT2D eigenvalue weighted by atomic mass is 10.1. The van der Waals surface area contributed by atoms with Gasteiger partial charge in [0, 0.05) is 10.2 Å². The second-order valence-corrected chi connectivity index (χ2v) is 7.62. The summed E-state index contributed by atoms with van der Waals surface area (Å²) >= 11 is 3.51. The van der Waals surface area contributed by atoms with E-state index in [1.807, 2.05) is 56.3 Å². The van der Waals surface area contributed by atoms with Gasteiger partial charge in [-0.1, -0.05) is 18.2 Å². The molecule has 0 unspecified atom stereocenters. The molecule has 6 heteroatoms. The van der Waals surface area contributed by atoms with Crippen molar-refractivity contribution in [1.29, 1.82) is 0 Å². The van der Waals surface area contributed by atoms with Crippen LogP contribution in [0.2, 0.25) is 0 Å². The number of aryl methyl sites for hydroxylation is 2. The van der Waals surface area contributed by atoms with Gasteiger partial charge < -0.3 is 14.5 Å². The van der Waals surface area contributed by atoms with Gasteiger partial charge in [0.15, 0.2) is 12.2 Å². The maximum absolute atomic E-state index is 12.3. The first-order valence-corrected chi connectivity index (χ1v) is 9.94. The van der Waals surface area contributed by atoms with Crippen LogP contribution in [0.25, 0.3) is 22.6 Å². The van der Waals surface area contributed by atoms with Gasteiger partial charge in [0.1, 0.15) is 11.3 Å². The van der Waals surface area contributed by atoms with Gasteiger partial charge in [0.05, 0.1) is 5.56 Å². The molecule has 5 nitrogen and oxygen atoms in total. The first-order valence-electron chi connectivity index (χ1n) is 9.15. The number of carbonyl (C=O) groups excluding carboxylic acids is 1. The number of hydrogen-bond donors (Lipinski definition) is 1. The highest BCUT2D eigenvalue weighted by molar-refractivity contribution is 9.10. The van der Waals surface area contributed by atoms with Crippen LogP contribution in [0.4, 0.5) is 5.69 Å². The monoisotopic (exact) mass is 450 g/mol. The summed E-state index contributed by atoms with van der Waals surface area (Å²) in [5.74, 6) is 0.958. The first-order chi connectivity index (χ1) is 14.0. The molecule has 0 radical (unpaired) electrons. The van der Waals surface area contributed by atoms with Crippen LogP contribution >= 0.6 is 15.9 Å². The van der Waals surface area contributed by atoms with Crippen LogP contribution in [-0.4, -0.2) is 17.5 Å². The molecule has 0 aliphatic carbocycles. The van der Waals surface area contributed by atoms with Crippen LogP contribution in [0.15, 0.2) is 69.6 Å². The van der Waals surface area contributed by atoms with Crippen molar-refractivity contribution in [2.75, 3.05) is 11.9 Å². The smallest absolute Gasteiger partial charge is 0.262 e. The molecule has 4 rings (SSSR count). The van der Waals surface area contributed by atoms with Crippen molar-refractivity contribution in [1.82, 2.24) is 4.98 Å². The predicted octanol–water partition coefficient (Wildman–Crippen LogP) is 5.89. The third kappa shape index (κ3) is 4.32. The number of benzene rings is 3. The van der Waals surface area contributed by atoms with Crippen LogP contribution in [0, 0.1) is 13.8 Å². The summed E-state index contributed by atoms with van der Waals surface area (Å²) in [4.78, 5) is 16.8. The van der Waals surface area contributed by atoms with Crippen molar-refractivity contribution in [3.05, 3.63) is 76.3 Å². The van der Waals surface area contributed by atoms with E-state index in [1.54, 1.807) is 18.2 Å². The van der Waals surface area contributed by atoms with Crippen LogP contribution in [0.1, 0.15) is 11.1 Å². The number of halogens is 1. The van der Waals surface area contributed by atoms with Gasteiger partial charge in [-0.2, -0.15) is 0 Å². The number of amides is 1. The fourth-order valence-corrected chi connectivity index (χ4v) is 3.36. The van der Waals surface area contributed by atoms with Crippen LogP contribution < -0.4 is 10.1 Å².